The van der Waals surface area contributed by atoms with Crippen molar-refractivity contribution < 1.29 is 23.8 Å². The van der Waals surface area contributed by atoms with E-state index in [1.807, 2.05) is 30.3 Å². The van der Waals surface area contributed by atoms with Crippen molar-refractivity contribution >= 4 is 29.4 Å². The number of furan rings is 1. The third-order valence-electron chi connectivity index (χ3n) is 5.94. The van der Waals surface area contributed by atoms with Crippen molar-refractivity contribution in [2.75, 3.05) is 6.61 Å². The van der Waals surface area contributed by atoms with Gasteiger partial charge < -0.3 is 19.1 Å². The molecule has 1 atom stereocenters. The second kappa shape index (κ2) is 9.87. The lowest BCUT2D eigenvalue weighted by Gasteiger charge is -2.24. The van der Waals surface area contributed by atoms with Crippen LogP contribution in [0.1, 0.15) is 41.6 Å². The Labute approximate surface area is 215 Å². The number of carboxylic acid groups (broad SMARTS) is 1. The van der Waals surface area contributed by atoms with E-state index in [0.29, 0.717) is 37.7 Å². The van der Waals surface area contributed by atoms with Gasteiger partial charge in [-0.25, -0.2) is 9.79 Å². The number of aromatic carboxylic acids is 1. The molecule has 0 saturated carbocycles. The van der Waals surface area contributed by atoms with Gasteiger partial charge in [0.25, 0.3) is 5.56 Å². The van der Waals surface area contributed by atoms with Gasteiger partial charge >= 0.3 is 5.97 Å². The van der Waals surface area contributed by atoms with Gasteiger partial charge in [0.15, 0.2) is 4.80 Å². The summed E-state index contributed by atoms with van der Waals surface area (Å²) in [5.41, 5.74) is 1.60. The van der Waals surface area contributed by atoms with Gasteiger partial charge in [-0.2, -0.15) is 0 Å². The lowest BCUT2D eigenvalue weighted by molar-refractivity contribution is -0.255. The molecule has 37 heavy (non-hydrogen) atoms. The van der Waals surface area contributed by atoms with Crippen LogP contribution in [0.4, 0.5) is 0 Å². The number of carboxylic acids is 1. The molecule has 0 aliphatic carbocycles. The van der Waals surface area contributed by atoms with E-state index in [9.17, 15) is 19.5 Å². The Morgan fingerprint density at radius 2 is 1.84 bits per heavy atom. The minimum absolute atomic E-state index is 0.00704. The summed E-state index contributed by atoms with van der Waals surface area (Å²) in [4.78, 5) is 43.0. The standard InChI is InChI=1S/C28H22N2O6S/c1-3-35-27(34)23-16(2)29-28-30(24(23)17-9-5-4-6-10-17)25(31)22(37-28)15-18-13-14-21(36-18)19-11-7-8-12-20(19)26(32)33/h4-15,24H,3H2,1-2H3,(H,32,33)/p-1/b22-15-/t24-/m1/s1. The van der Waals surface area contributed by atoms with E-state index in [2.05, 4.69) is 4.99 Å². The Kier molecular flexibility index (Phi) is 6.45. The third-order valence-corrected chi connectivity index (χ3v) is 6.93. The SMILES string of the molecule is CCOC(=O)C1=C(C)N=c2s/c(=C\c3ccc(-c4ccccc4C(=O)[O-])o3)c(=O)n2[C@@H]1c1ccccc1. The number of fused-ring (bicyclic) bond motifs is 1. The molecule has 5 rings (SSSR count). The molecule has 2 aromatic carbocycles. The molecular weight excluding hydrogens is 492 g/mol. The maximum absolute atomic E-state index is 13.6. The highest BCUT2D eigenvalue weighted by atomic mass is 32.1. The number of carbonyl (C=O) groups excluding carboxylic acids is 2. The van der Waals surface area contributed by atoms with E-state index in [1.165, 1.54) is 22.0 Å². The second-order valence-electron chi connectivity index (χ2n) is 8.25. The average molecular weight is 514 g/mol. The normalized spacial score (nSPS) is 15.3. The number of esters is 1. The molecule has 9 heteroatoms. The van der Waals surface area contributed by atoms with Crippen molar-refractivity contribution in [2.24, 2.45) is 4.99 Å². The Morgan fingerprint density at radius 1 is 1.11 bits per heavy atom. The van der Waals surface area contributed by atoms with Crippen LogP contribution in [-0.4, -0.2) is 23.1 Å². The molecular formula is C28H21N2O6S-. The molecule has 3 heterocycles. The summed E-state index contributed by atoms with van der Waals surface area (Å²) in [5, 5.41) is 11.5. The fraction of sp³-hybridized carbons (Fsp3) is 0.143. The van der Waals surface area contributed by atoms with Crippen LogP contribution in [0, 0.1) is 0 Å². The topological polar surface area (TPSA) is 114 Å². The highest BCUT2D eigenvalue weighted by Crippen LogP contribution is 2.30. The first kappa shape index (κ1) is 24.2. The van der Waals surface area contributed by atoms with E-state index < -0.39 is 18.0 Å². The van der Waals surface area contributed by atoms with Crippen LogP contribution in [0.25, 0.3) is 17.4 Å². The summed E-state index contributed by atoms with van der Waals surface area (Å²) in [6.45, 7) is 3.65. The molecule has 4 aromatic rings. The maximum atomic E-state index is 13.6. The number of thiazole rings is 1. The van der Waals surface area contributed by atoms with Crippen molar-refractivity contribution in [1.29, 1.82) is 0 Å². The molecule has 0 N–H and O–H groups in total. The van der Waals surface area contributed by atoms with Crippen molar-refractivity contribution in [3.8, 4) is 11.3 Å². The quantitative estimate of drug-likeness (QED) is 0.366. The molecule has 186 valence electrons. The number of hydrogen-bond donors (Lipinski definition) is 0. The highest BCUT2D eigenvalue weighted by Gasteiger charge is 2.33. The zero-order chi connectivity index (χ0) is 26.1. The van der Waals surface area contributed by atoms with Crippen molar-refractivity contribution in [1.82, 2.24) is 4.57 Å². The Balaban J connectivity index is 1.63. The zero-order valence-corrected chi connectivity index (χ0v) is 20.8. The summed E-state index contributed by atoms with van der Waals surface area (Å²) in [6, 6.07) is 18.2. The van der Waals surface area contributed by atoms with E-state index in [-0.39, 0.29) is 17.7 Å². The number of carbonyl (C=O) groups is 2. The summed E-state index contributed by atoms with van der Waals surface area (Å²) in [7, 11) is 0. The lowest BCUT2D eigenvalue weighted by Crippen LogP contribution is -2.39. The predicted molar refractivity (Wildman–Crippen MR) is 135 cm³/mol. The van der Waals surface area contributed by atoms with Crippen LogP contribution in [0.3, 0.4) is 0 Å². The largest absolute Gasteiger partial charge is 0.545 e. The molecule has 1 aliphatic heterocycles. The smallest absolute Gasteiger partial charge is 0.338 e. The summed E-state index contributed by atoms with van der Waals surface area (Å²) in [6.07, 6.45) is 1.58. The first-order valence-electron chi connectivity index (χ1n) is 11.5. The van der Waals surface area contributed by atoms with E-state index in [1.54, 1.807) is 50.3 Å². The number of ether oxygens (including phenoxy) is 1. The predicted octanol–water partition coefficient (Wildman–Crippen LogP) is 2.42. The summed E-state index contributed by atoms with van der Waals surface area (Å²) in [5.74, 6) is -1.13. The van der Waals surface area contributed by atoms with E-state index in [4.69, 9.17) is 9.15 Å². The molecule has 8 nitrogen and oxygen atoms in total. The number of allylic oxidation sites excluding steroid dienone is 1. The fourth-order valence-electron chi connectivity index (χ4n) is 4.32. The van der Waals surface area contributed by atoms with Crippen LogP contribution in [0.15, 0.2) is 92.2 Å². The first-order valence-corrected chi connectivity index (χ1v) is 12.4. The maximum Gasteiger partial charge on any atom is 0.338 e. The first-order chi connectivity index (χ1) is 17.9. The summed E-state index contributed by atoms with van der Waals surface area (Å²) >= 11 is 1.18. The van der Waals surface area contributed by atoms with E-state index >= 15 is 0 Å². The van der Waals surface area contributed by atoms with Gasteiger partial charge in [-0.3, -0.25) is 9.36 Å². The Hall–Kier alpha value is -4.50. The minimum Gasteiger partial charge on any atom is -0.545 e. The zero-order valence-electron chi connectivity index (χ0n) is 20.0. The van der Waals surface area contributed by atoms with Crippen LogP contribution in [0.2, 0.25) is 0 Å². The van der Waals surface area contributed by atoms with Gasteiger partial charge in [0.2, 0.25) is 0 Å². The molecule has 0 radical (unpaired) electrons. The second-order valence-corrected chi connectivity index (χ2v) is 9.26. The Bertz CT molecular complexity index is 1730. The van der Waals surface area contributed by atoms with Crippen LogP contribution < -0.4 is 20.0 Å². The van der Waals surface area contributed by atoms with Gasteiger partial charge in [0.05, 0.1) is 34.4 Å². The van der Waals surface area contributed by atoms with E-state index in [0.717, 1.165) is 5.56 Å². The molecule has 0 unspecified atom stereocenters. The molecule has 0 bridgehead atoms. The molecule has 1 aliphatic rings. The van der Waals surface area contributed by atoms with Gasteiger partial charge in [-0.05, 0) is 31.5 Å². The number of hydrogen-bond acceptors (Lipinski definition) is 8. The van der Waals surface area contributed by atoms with Gasteiger partial charge in [0, 0.05) is 17.2 Å². The molecule has 0 fully saturated rings. The average Bonchev–Trinajstić information content (AvgIpc) is 3.48. The highest BCUT2D eigenvalue weighted by molar-refractivity contribution is 7.07. The number of aromatic nitrogens is 1. The monoisotopic (exact) mass is 513 g/mol. The fourth-order valence-corrected chi connectivity index (χ4v) is 5.35. The molecule has 2 aromatic heterocycles. The molecule has 0 amide bonds. The minimum atomic E-state index is -1.31. The summed E-state index contributed by atoms with van der Waals surface area (Å²) < 4.78 is 13.0. The lowest BCUT2D eigenvalue weighted by atomic mass is 9.96. The Morgan fingerprint density at radius 3 is 2.57 bits per heavy atom. The third kappa shape index (κ3) is 4.45. The van der Waals surface area contributed by atoms with Crippen LogP contribution >= 0.6 is 11.3 Å². The van der Waals surface area contributed by atoms with Gasteiger partial charge in [-0.15, -0.1) is 0 Å². The number of nitrogens with zero attached hydrogens (tertiary/aromatic N) is 2. The number of rotatable bonds is 6. The van der Waals surface area contributed by atoms with Gasteiger partial charge in [0.1, 0.15) is 11.5 Å². The van der Waals surface area contributed by atoms with Crippen molar-refractivity contribution in [2.45, 2.75) is 19.9 Å². The van der Waals surface area contributed by atoms with Crippen LogP contribution in [0.5, 0.6) is 0 Å². The van der Waals surface area contributed by atoms with Crippen LogP contribution in [-0.2, 0) is 9.53 Å². The molecule has 0 spiro atoms. The van der Waals surface area contributed by atoms with Gasteiger partial charge in [-0.1, -0.05) is 65.9 Å². The number of benzene rings is 2. The van der Waals surface area contributed by atoms with Crippen molar-refractivity contribution in [3.63, 3.8) is 0 Å². The molecule has 0 saturated heterocycles. The van der Waals surface area contributed by atoms with Crippen molar-refractivity contribution in [3.05, 3.63) is 115 Å².